The van der Waals surface area contributed by atoms with Crippen LogP contribution >= 0.6 is 0 Å². The molecule has 7 heteroatoms. The Balaban J connectivity index is 2.77. The number of benzene rings is 1. The number of nitro benzene ring substituents is 1. The van der Waals surface area contributed by atoms with Crippen molar-refractivity contribution in [2.45, 2.75) is 26.3 Å². The average molecular weight is 265 g/mol. The van der Waals surface area contributed by atoms with Gasteiger partial charge in [0.2, 0.25) is 0 Å². The van der Waals surface area contributed by atoms with Crippen molar-refractivity contribution in [3.05, 3.63) is 34.4 Å². The van der Waals surface area contributed by atoms with Crippen molar-refractivity contribution < 1.29 is 14.5 Å². The second-order valence-corrected chi connectivity index (χ2v) is 4.01. The molecule has 0 aromatic heterocycles. The van der Waals surface area contributed by atoms with Gasteiger partial charge in [0.15, 0.2) is 0 Å². The summed E-state index contributed by atoms with van der Waals surface area (Å²) in [5.74, 6) is -1.73. The van der Waals surface area contributed by atoms with Crippen molar-refractivity contribution in [1.29, 1.82) is 0 Å². The van der Waals surface area contributed by atoms with Gasteiger partial charge in [0, 0.05) is 12.1 Å². The lowest BCUT2D eigenvalue weighted by Gasteiger charge is -2.11. The predicted octanol–water partition coefficient (Wildman–Crippen LogP) is 1.45. The number of carbonyl (C=O) groups is 2. The molecule has 0 radical (unpaired) electrons. The van der Waals surface area contributed by atoms with Crippen molar-refractivity contribution in [3.63, 3.8) is 0 Å². The molecule has 0 aliphatic heterocycles. The lowest BCUT2D eigenvalue weighted by atomic mass is 10.2. The van der Waals surface area contributed by atoms with E-state index in [1.165, 1.54) is 24.3 Å². The van der Waals surface area contributed by atoms with Gasteiger partial charge < -0.3 is 10.6 Å². The van der Waals surface area contributed by atoms with E-state index in [1.807, 2.05) is 6.92 Å². The van der Waals surface area contributed by atoms with Gasteiger partial charge in [-0.1, -0.05) is 19.1 Å². The Morgan fingerprint density at radius 3 is 2.53 bits per heavy atom. The van der Waals surface area contributed by atoms with Crippen molar-refractivity contribution >= 4 is 23.2 Å². The number of nitrogens with one attached hydrogen (secondary N) is 2. The summed E-state index contributed by atoms with van der Waals surface area (Å²) in [5, 5.41) is 15.5. The molecule has 1 atom stereocenters. The molecular formula is C12H15N3O4. The summed E-state index contributed by atoms with van der Waals surface area (Å²) < 4.78 is 0. The van der Waals surface area contributed by atoms with E-state index in [9.17, 15) is 19.7 Å². The summed E-state index contributed by atoms with van der Waals surface area (Å²) in [6.07, 6.45) is 0.685. The van der Waals surface area contributed by atoms with E-state index in [2.05, 4.69) is 10.6 Å². The molecule has 0 aliphatic carbocycles. The summed E-state index contributed by atoms with van der Waals surface area (Å²) in [7, 11) is 0. The van der Waals surface area contributed by atoms with Crippen LogP contribution in [0, 0.1) is 10.1 Å². The van der Waals surface area contributed by atoms with E-state index in [0.29, 0.717) is 6.42 Å². The molecule has 2 amide bonds. The number of hydrogen-bond acceptors (Lipinski definition) is 4. The first kappa shape index (κ1) is 14.6. The lowest BCUT2D eigenvalue weighted by molar-refractivity contribution is -0.383. The molecule has 0 aliphatic rings. The smallest absolute Gasteiger partial charge is 0.313 e. The van der Waals surface area contributed by atoms with Gasteiger partial charge in [0.05, 0.1) is 4.92 Å². The molecule has 7 nitrogen and oxygen atoms in total. The Morgan fingerprint density at radius 1 is 1.32 bits per heavy atom. The SMILES string of the molecule is CCC(C)NC(=O)C(=O)Nc1ccccc1[N+](=O)[O-]. The minimum Gasteiger partial charge on any atom is -0.345 e. The molecule has 0 fully saturated rings. The summed E-state index contributed by atoms with van der Waals surface area (Å²) >= 11 is 0. The van der Waals surface area contributed by atoms with Crippen molar-refractivity contribution in [2.75, 3.05) is 5.32 Å². The molecule has 1 aromatic carbocycles. The Hall–Kier alpha value is -2.44. The molecule has 1 rings (SSSR count). The number of anilines is 1. The first-order valence-electron chi connectivity index (χ1n) is 5.81. The van der Waals surface area contributed by atoms with Crippen LogP contribution in [0.4, 0.5) is 11.4 Å². The summed E-state index contributed by atoms with van der Waals surface area (Å²) in [5.41, 5.74) is -0.260. The second-order valence-electron chi connectivity index (χ2n) is 4.01. The molecule has 2 N–H and O–H groups in total. The van der Waals surface area contributed by atoms with Crippen LogP contribution in [-0.4, -0.2) is 22.8 Å². The minimum absolute atomic E-state index is 0.00296. The number of carbonyl (C=O) groups excluding carboxylic acids is 2. The second kappa shape index (κ2) is 6.48. The van der Waals surface area contributed by atoms with Crippen LogP contribution in [0.2, 0.25) is 0 Å². The van der Waals surface area contributed by atoms with Gasteiger partial charge in [0.25, 0.3) is 5.69 Å². The van der Waals surface area contributed by atoms with Crippen LogP contribution in [0.3, 0.4) is 0 Å². The Kier molecular flexibility index (Phi) is 4.99. The first-order chi connectivity index (χ1) is 8.95. The Bertz CT molecular complexity index is 502. The quantitative estimate of drug-likeness (QED) is 0.488. The van der Waals surface area contributed by atoms with Gasteiger partial charge in [-0.2, -0.15) is 0 Å². The average Bonchev–Trinajstić information content (AvgIpc) is 2.38. The highest BCUT2D eigenvalue weighted by Gasteiger charge is 2.20. The highest BCUT2D eigenvalue weighted by Crippen LogP contribution is 2.22. The van der Waals surface area contributed by atoms with Crippen molar-refractivity contribution in [2.24, 2.45) is 0 Å². The number of hydrogen-bond donors (Lipinski definition) is 2. The Labute approximate surface area is 110 Å². The van der Waals surface area contributed by atoms with E-state index in [0.717, 1.165) is 0 Å². The van der Waals surface area contributed by atoms with Crippen molar-refractivity contribution in [3.8, 4) is 0 Å². The fraction of sp³-hybridized carbons (Fsp3) is 0.333. The van der Waals surface area contributed by atoms with Gasteiger partial charge in [-0.3, -0.25) is 19.7 Å². The maximum atomic E-state index is 11.6. The van der Waals surface area contributed by atoms with E-state index < -0.39 is 16.7 Å². The first-order valence-corrected chi connectivity index (χ1v) is 5.81. The van der Waals surface area contributed by atoms with Crippen LogP contribution < -0.4 is 10.6 Å². The normalized spacial score (nSPS) is 11.5. The topological polar surface area (TPSA) is 101 Å². The molecule has 1 unspecified atom stereocenters. The highest BCUT2D eigenvalue weighted by atomic mass is 16.6. The van der Waals surface area contributed by atoms with Gasteiger partial charge in [0.1, 0.15) is 5.69 Å². The fourth-order valence-corrected chi connectivity index (χ4v) is 1.31. The molecular weight excluding hydrogens is 250 g/mol. The number of amides is 2. The summed E-state index contributed by atoms with van der Waals surface area (Å²) in [4.78, 5) is 33.2. The van der Waals surface area contributed by atoms with Crippen LogP contribution in [0.5, 0.6) is 0 Å². The summed E-state index contributed by atoms with van der Waals surface area (Å²) in [6.45, 7) is 3.63. The van der Waals surface area contributed by atoms with Crippen LogP contribution in [0.1, 0.15) is 20.3 Å². The fourth-order valence-electron chi connectivity index (χ4n) is 1.31. The van der Waals surface area contributed by atoms with Crippen molar-refractivity contribution in [1.82, 2.24) is 5.32 Å². The van der Waals surface area contributed by atoms with Gasteiger partial charge in [-0.05, 0) is 19.4 Å². The van der Waals surface area contributed by atoms with E-state index in [4.69, 9.17) is 0 Å². The zero-order valence-electron chi connectivity index (χ0n) is 10.7. The third-order valence-electron chi connectivity index (χ3n) is 2.55. The van der Waals surface area contributed by atoms with Gasteiger partial charge in [-0.15, -0.1) is 0 Å². The Morgan fingerprint density at radius 2 is 1.95 bits per heavy atom. The number of nitrogens with zero attached hydrogens (tertiary/aromatic N) is 1. The monoisotopic (exact) mass is 265 g/mol. The predicted molar refractivity (Wildman–Crippen MR) is 69.6 cm³/mol. The molecule has 0 bridgehead atoms. The molecule has 0 saturated carbocycles. The molecule has 102 valence electrons. The van der Waals surface area contributed by atoms with Crippen LogP contribution in [-0.2, 0) is 9.59 Å². The summed E-state index contributed by atoms with van der Waals surface area (Å²) in [6, 6.07) is 5.50. The molecule has 1 aromatic rings. The van der Waals surface area contributed by atoms with Gasteiger partial charge >= 0.3 is 11.8 Å². The number of rotatable bonds is 4. The maximum absolute atomic E-state index is 11.6. The third-order valence-corrected chi connectivity index (χ3v) is 2.55. The van der Waals surface area contributed by atoms with E-state index in [-0.39, 0.29) is 17.4 Å². The third kappa shape index (κ3) is 4.06. The lowest BCUT2D eigenvalue weighted by Crippen LogP contribution is -2.40. The standard InChI is InChI=1S/C12H15N3O4/c1-3-8(2)13-11(16)12(17)14-9-6-4-5-7-10(9)15(18)19/h4-8H,3H2,1-2H3,(H,13,16)(H,14,17). The van der Waals surface area contributed by atoms with Crippen LogP contribution in [0.15, 0.2) is 24.3 Å². The zero-order valence-corrected chi connectivity index (χ0v) is 10.7. The number of nitro groups is 1. The van der Waals surface area contributed by atoms with E-state index in [1.54, 1.807) is 6.92 Å². The van der Waals surface area contributed by atoms with Gasteiger partial charge in [-0.25, -0.2) is 0 Å². The maximum Gasteiger partial charge on any atom is 0.313 e. The molecule has 0 saturated heterocycles. The molecule has 0 heterocycles. The zero-order chi connectivity index (χ0) is 14.4. The van der Waals surface area contributed by atoms with E-state index >= 15 is 0 Å². The largest absolute Gasteiger partial charge is 0.345 e. The van der Waals surface area contributed by atoms with Crippen LogP contribution in [0.25, 0.3) is 0 Å². The number of para-hydroxylation sites is 2. The highest BCUT2D eigenvalue weighted by molar-refractivity contribution is 6.39. The molecule has 19 heavy (non-hydrogen) atoms. The molecule has 0 spiro atoms. The minimum atomic E-state index is -0.922.